The maximum Gasteiger partial charge on any atom is 0.340 e. The van der Waals surface area contributed by atoms with Crippen molar-refractivity contribution in [2.45, 2.75) is 26.2 Å². The summed E-state index contributed by atoms with van der Waals surface area (Å²) < 4.78 is 5.21. The molecule has 24 heavy (non-hydrogen) atoms. The molecule has 128 valence electrons. The Bertz CT molecular complexity index is 656. The largest absolute Gasteiger partial charge is 0.462 e. The fourth-order valence-corrected chi connectivity index (χ4v) is 2.79. The molecule has 1 heterocycles. The number of urea groups is 1. The molecule has 2 aromatic rings. The number of esters is 1. The summed E-state index contributed by atoms with van der Waals surface area (Å²) in [5.41, 5.74) is 0.814. The monoisotopic (exact) mass is 346 g/mol. The summed E-state index contributed by atoms with van der Waals surface area (Å²) in [4.78, 5) is 25.3. The van der Waals surface area contributed by atoms with Gasteiger partial charge in [0.05, 0.1) is 17.9 Å². The van der Waals surface area contributed by atoms with E-state index in [0.717, 1.165) is 19.3 Å². The van der Waals surface area contributed by atoms with Crippen LogP contribution in [0.4, 0.5) is 10.5 Å². The first-order valence-electron chi connectivity index (χ1n) is 8.04. The number of amides is 2. The van der Waals surface area contributed by atoms with Crippen LogP contribution in [0.15, 0.2) is 41.8 Å². The topological polar surface area (TPSA) is 67.4 Å². The zero-order valence-corrected chi connectivity index (χ0v) is 14.5. The summed E-state index contributed by atoms with van der Waals surface area (Å²) in [5.74, 6) is -0.419. The molecule has 0 radical (unpaired) electrons. The van der Waals surface area contributed by atoms with E-state index in [1.807, 2.05) is 24.4 Å². The lowest BCUT2D eigenvalue weighted by molar-refractivity contribution is 0.0501. The van der Waals surface area contributed by atoms with Crippen molar-refractivity contribution in [2.75, 3.05) is 18.5 Å². The first-order chi connectivity index (χ1) is 11.7. The van der Waals surface area contributed by atoms with Gasteiger partial charge in [-0.25, -0.2) is 9.59 Å². The molecular weight excluding hydrogens is 324 g/mol. The van der Waals surface area contributed by atoms with Gasteiger partial charge >= 0.3 is 12.0 Å². The van der Waals surface area contributed by atoms with Crippen molar-refractivity contribution in [3.05, 3.63) is 52.2 Å². The average Bonchev–Trinajstić information content (AvgIpc) is 3.09. The lowest BCUT2D eigenvalue weighted by Crippen LogP contribution is -2.31. The van der Waals surface area contributed by atoms with Gasteiger partial charge in [-0.05, 0) is 36.4 Å². The highest BCUT2D eigenvalue weighted by atomic mass is 32.1. The number of rotatable bonds is 8. The van der Waals surface area contributed by atoms with Gasteiger partial charge in [-0.3, -0.25) is 0 Å². The predicted molar refractivity (Wildman–Crippen MR) is 96.7 cm³/mol. The van der Waals surface area contributed by atoms with E-state index in [-0.39, 0.29) is 6.03 Å². The Morgan fingerprint density at radius 1 is 1.17 bits per heavy atom. The standard InChI is InChI=1S/C18H22N2O3S/c1-2-3-12-23-17(21)15-8-4-5-9-16(15)20-18(22)19-11-10-14-7-6-13-24-14/h4-9,13H,2-3,10-12H2,1H3,(H2,19,20,22). The van der Waals surface area contributed by atoms with Crippen LogP contribution in [-0.4, -0.2) is 25.2 Å². The van der Waals surface area contributed by atoms with Crippen LogP contribution in [0.2, 0.25) is 0 Å². The minimum atomic E-state index is -0.419. The molecule has 0 aliphatic heterocycles. The number of anilines is 1. The van der Waals surface area contributed by atoms with Gasteiger partial charge in [-0.2, -0.15) is 0 Å². The van der Waals surface area contributed by atoms with Gasteiger partial charge in [-0.1, -0.05) is 31.5 Å². The van der Waals surface area contributed by atoms with Crippen LogP contribution >= 0.6 is 11.3 Å². The smallest absolute Gasteiger partial charge is 0.340 e. The van der Waals surface area contributed by atoms with Crippen molar-refractivity contribution in [1.29, 1.82) is 0 Å². The molecule has 0 aliphatic carbocycles. The van der Waals surface area contributed by atoms with E-state index in [4.69, 9.17) is 4.74 Å². The van der Waals surface area contributed by atoms with Crippen molar-refractivity contribution in [3.63, 3.8) is 0 Å². The maximum atomic E-state index is 12.1. The molecule has 0 saturated carbocycles. The molecule has 2 rings (SSSR count). The van der Waals surface area contributed by atoms with Gasteiger partial charge in [0.1, 0.15) is 0 Å². The SMILES string of the molecule is CCCCOC(=O)c1ccccc1NC(=O)NCCc1cccs1. The summed E-state index contributed by atoms with van der Waals surface area (Å²) in [6.07, 6.45) is 2.57. The van der Waals surface area contributed by atoms with Crippen LogP contribution in [0.5, 0.6) is 0 Å². The van der Waals surface area contributed by atoms with Crippen molar-refractivity contribution in [3.8, 4) is 0 Å². The molecule has 0 aliphatic rings. The van der Waals surface area contributed by atoms with Crippen LogP contribution in [0.3, 0.4) is 0 Å². The van der Waals surface area contributed by atoms with E-state index >= 15 is 0 Å². The van der Waals surface area contributed by atoms with Gasteiger partial charge in [0.25, 0.3) is 0 Å². The van der Waals surface area contributed by atoms with E-state index in [2.05, 4.69) is 10.6 Å². The molecule has 2 amide bonds. The number of carbonyl (C=O) groups excluding carboxylic acids is 2. The average molecular weight is 346 g/mol. The Kier molecular flexibility index (Phi) is 7.29. The zero-order chi connectivity index (χ0) is 17.2. The van der Waals surface area contributed by atoms with Gasteiger partial charge in [0.2, 0.25) is 0 Å². The normalized spacial score (nSPS) is 10.2. The second-order valence-electron chi connectivity index (χ2n) is 5.25. The van der Waals surface area contributed by atoms with E-state index in [1.165, 1.54) is 4.88 Å². The van der Waals surface area contributed by atoms with E-state index in [0.29, 0.717) is 24.4 Å². The van der Waals surface area contributed by atoms with Crippen LogP contribution in [0.1, 0.15) is 35.0 Å². The fraction of sp³-hybridized carbons (Fsp3) is 0.333. The lowest BCUT2D eigenvalue weighted by Gasteiger charge is -2.11. The second kappa shape index (κ2) is 9.72. The maximum absolute atomic E-state index is 12.1. The number of unbranched alkanes of at least 4 members (excludes halogenated alkanes) is 1. The first kappa shape index (κ1) is 18.0. The molecule has 0 atom stereocenters. The van der Waals surface area contributed by atoms with Gasteiger partial charge in [0.15, 0.2) is 0 Å². The third-order valence-electron chi connectivity index (χ3n) is 3.36. The number of para-hydroxylation sites is 1. The molecule has 5 nitrogen and oxygen atoms in total. The third kappa shape index (κ3) is 5.70. The molecular formula is C18H22N2O3S. The Morgan fingerprint density at radius 3 is 2.75 bits per heavy atom. The molecule has 0 bridgehead atoms. The highest BCUT2D eigenvalue weighted by molar-refractivity contribution is 7.09. The Hall–Kier alpha value is -2.34. The Labute approximate surface area is 146 Å². The summed E-state index contributed by atoms with van der Waals surface area (Å²) in [7, 11) is 0. The first-order valence-corrected chi connectivity index (χ1v) is 8.92. The van der Waals surface area contributed by atoms with E-state index < -0.39 is 5.97 Å². The van der Waals surface area contributed by atoms with E-state index in [1.54, 1.807) is 35.6 Å². The van der Waals surface area contributed by atoms with Crippen LogP contribution in [-0.2, 0) is 11.2 Å². The number of carbonyl (C=O) groups is 2. The summed E-state index contributed by atoms with van der Waals surface area (Å²) >= 11 is 1.66. The lowest BCUT2D eigenvalue weighted by atomic mass is 10.2. The molecule has 0 spiro atoms. The Morgan fingerprint density at radius 2 is 2.00 bits per heavy atom. The number of hydrogen-bond donors (Lipinski definition) is 2. The summed E-state index contributed by atoms with van der Waals surface area (Å²) in [6.45, 7) is 2.95. The van der Waals surface area contributed by atoms with E-state index in [9.17, 15) is 9.59 Å². The van der Waals surface area contributed by atoms with Crippen molar-refractivity contribution in [2.24, 2.45) is 0 Å². The quantitative estimate of drug-likeness (QED) is 0.559. The van der Waals surface area contributed by atoms with Gasteiger partial charge in [-0.15, -0.1) is 11.3 Å². The minimum Gasteiger partial charge on any atom is -0.462 e. The van der Waals surface area contributed by atoms with Crippen molar-refractivity contribution >= 4 is 29.0 Å². The fourth-order valence-electron chi connectivity index (χ4n) is 2.08. The van der Waals surface area contributed by atoms with Gasteiger partial charge in [0, 0.05) is 11.4 Å². The number of nitrogens with one attached hydrogen (secondary N) is 2. The van der Waals surface area contributed by atoms with Crippen LogP contribution < -0.4 is 10.6 Å². The Balaban J connectivity index is 1.86. The zero-order valence-electron chi connectivity index (χ0n) is 13.7. The van der Waals surface area contributed by atoms with Crippen LogP contribution in [0.25, 0.3) is 0 Å². The molecule has 1 aromatic heterocycles. The minimum absolute atomic E-state index is 0.333. The van der Waals surface area contributed by atoms with Gasteiger partial charge < -0.3 is 15.4 Å². The number of ether oxygens (including phenoxy) is 1. The number of benzene rings is 1. The number of hydrogen-bond acceptors (Lipinski definition) is 4. The summed E-state index contributed by atoms with van der Waals surface area (Å²) in [5, 5.41) is 7.52. The number of thiophene rings is 1. The third-order valence-corrected chi connectivity index (χ3v) is 4.30. The van der Waals surface area contributed by atoms with Crippen molar-refractivity contribution in [1.82, 2.24) is 5.32 Å². The highest BCUT2D eigenvalue weighted by Crippen LogP contribution is 2.16. The second-order valence-corrected chi connectivity index (χ2v) is 6.28. The molecule has 6 heteroatoms. The summed E-state index contributed by atoms with van der Waals surface area (Å²) in [6, 6.07) is 10.5. The van der Waals surface area contributed by atoms with Crippen molar-refractivity contribution < 1.29 is 14.3 Å². The molecule has 0 saturated heterocycles. The highest BCUT2D eigenvalue weighted by Gasteiger charge is 2.14. The molecule has 2 N–H and O–H groups in total. The molecule has 1 aromatic carbocycles. The molecule has 0 unspecified atom stereocenters. The predicted octanol–water partition coefficient (Wildman–Crippen LogP) is 4.07. The van der Waals surface area contributed by atoms with Crippen LogP contribution in [0, 0.1) is 0 Å². The molecule has 0 fully saturated rings.